The lowest BCUT2D eigenvalue weighted by atomic mass is 10.0. The van der Waals surface area contributed by atoms with Crippen LogP contribution in [0.4, 0.5) is 0 Å². The smallest absolute Gasteiger partial charge is 0.254 e. The molecule has 0 aliphatic rings. The average Bonchev–Trinajstić information content (AvgIpc) is 2.99. The Morgan fingerprint density at radius 2 is 2.05 bits per heavy atom. The summed E-state index contributed by atoms with van der Waals surface area (Å²) in [6.45, 7) is 6.84. The van der Waals surface area contributed by atoms with Crippen LogP contribution in [0.15, 0.2) is 31.1 Å². The predicted molar refractivity (Wildman–Crippen MR) is 79.7 cm³/mol. The number of rotatable bonds is 6. The molecule has 112 valence electrons. The molecule has 2 aromatic heterocycles. The van der Waals surface area contributed by atoms with Crippen LogP contribution in [-0.4, -0.2) is 31.5 Å². The fraction of sp³-hybridized carbons (Fsp3) is 0.467. The van der Waals surface area contributed by atoms with Gasteiger partial charge < -0.3 is 9.88 Å². The Bertz CT molecular complexity index is 562. The van der Waals surface area contributed by atoms with E-state index in [0.717, 1.165) is 12.2 Å². The van der Waals surface area contributed by atoms with Gasteiger partial charge in [-0.3, -0.25) is 4.79 Å². The van der Waals surface area contributed by atoms with E-state index in [-0.39, 0.29) is 11.9 Å². The molecule has 1 atom stereocenters. The summed E-state index contributed by atoms with van der Waals surface area (Å²) in [6.07, 6.45) is 9.29. The van der Waals surface area contributed by atoms with Crippen LogP contribution in [0.3, 0.4) is 0 Å². The predicted octanol–water partition coefficient (Wildman–Crippen LogP) is 1.69. The van der Waals surface area contributed by atoms with Crippen molar-refractivity contribution in [1.29, 1.82) is 0 Å². The topological polar surface area (TPSA) is 72.7 Å². The number of imidazole rings is 1. The Morgan fingerprint density at radius 3 is 2.57 bits per heavy atom. The quantitative estimate of drug-likeness (QED) is 0.877. The van der Waals surface area contributed by atoms with Crippen molar-refractivity contribution in [2.45, 2.75) is 39.8 Å². The van der Waals surface area contributed by atoms with Crippen LogP contribution in [0, 0.1) is 5.92 Å². The van der Waals surface area contributed by atoms with Crippen molar-refractivity contribution < 1.29 is 4.79 Å². The second kappa shape index (κ2) is 6.97. The third kappa shape index (κ3) is 4.11. The molecule has 0 bridgehead atoms. The zero-order valence-corrected chi connectivity index (χ0v) is 12.7. The van der Waals surface area contributed by atoms with Crippen molar-refractivity contribution in [3.63, 3.8) is 0 Å². The fourth-order valence-corrected chi connectivity index (χ4v) is 1.95. The Balaban J connectivity index is 2.03. The average molecular weight is 287 g/mol. The first-order valence-electron chi connectivity index (χ1n) is 7.17. The summed E-state index contributed by atoms with van der Waals surface area (Å²) >= 11 is 0. The Kier molecular flexibility index (Phi) is 5.03. The zero-order valence-electron chi connectivity index (χ0n) is 12.7. The van der Waals surface area contributed by atoms with Gasteiger partial charge in [-0.2, -0.15) is 0 Å². The molecule has 0 saturated heterocycles. The molecule has 0 fully saturated rings. The van der Waals surface area contributed by atoms with E-state index >= 15 is 0 Å². The van der Waals surface area contributed by atoms with Crippen LogP contribution in [-0.2, 0) is 13.0 Å². The molecule has 0 radical (unpaired) electrons. The molecule has 2 aromatic rings. The monoisotopic (exact) mass is 287 g/mol. The largest absolute Gasteiger partial charge is 0.347 e. The zero-order chi connectivity index (χ0) is 15.2. The third-order valence-corrected chi connectivity index (χ3v) is 3.37. The van der Waals surface area contributed by atoms with Gasteiger partial charge in [-0.15, -0.1) is 0 Å². The molecule has 0 saturated carbocycles. The van der Waals surface area contributed by atoms with E-state index in [1.54, 1.807) is 24.9 Å². The van der Waals surface area contributed by atoms with Crippen LogP contribution in [0.2, 0.25) is 0 Å². The molecule has 6 heteroatoms. The molecule has 0 unspecified atom stereocenters. The van der Waals surface area contributed by atoms with E-state index in [2.05, 4.69) is 34.1 Å². The summed E-state index contributed by atoms with van der Waals surface area (Å²) in [7, 11) is 0. The number of hydrogen-bond acceptors (Lipinski definition) is 4. The summed E-state index contributed by atoms with van der Waals surface area (Å²) in [4.78, 5) is 24.6. The van der Waals surface area contributed by atoms with E-state index in [1.807, 2.05) is 17.7 Å². The van der Waals surface area contributed by atoms with Crippen LogP contribution in [0.1, 0.15) is 37.0 Å². The highest BCUT2D eigenvalue weighted by Gasteiger charge is 2.18. The first-order valence-corrected chi connectivity index (χ1v) is 7.17. The highest BCUT2D eigenvalue weighted by atomic mass is 16.1. The number of amides is 1. The van der Waals surface area contributed by atoms with Gasteiger partial charge in [0.15, 0.2) is 0 Å². The van der Waals surface area contributed by atoms with Gasteiger partial charge in [-0.05, 0) is 5.92 Å². The molecular weight excluding hydrogens is 266 g/mol. The molecule has 1 N–H and O–H groups in total. The molecule has 1 amide bonds. The van der Waals surface area contributed by atoms with Gasteiger partial charge in [0.25, 0.3) is 5.91 Å². The molecule has 0 aromatic carbocycles. The SMILES string of the molecule is CCc1ncc(C(=O)N[C@@H](Cn2ccnc2)C(C)C)cn1. The van der Waals surface area contributed by atoms with Gasteiger partial charge in [-0.25, -0.2) is 15.0 Å². The van der Waals surface area contributed by atoms with Gasteiger partial charge in [0.2, 0.25) is 0 Å². The number of carbonyl (C=O) groups excluding carboxylic acids is 1. The number of nitrogens with one attached hydrogen (secondary N) is 1. The standard InChI is InChI=1S/C15H21N5O/c1-4-14-17-7-12(8-18-14)15(21)19-13(11(2)3)9-20-6-5-16-10-20/h5-8,10-11,13H,4,9H2,1-3H3,(H,19,21)/t13-/m0/s1. The molecule has 0 aliphatic heterocycles. The van der Waals surface area contributed by atoms with Crippen LogP contribution < -0.4 is 5.32 Å². The summed E-state index contributed by atoms with van der Waals surface area (Å²) < 4.78 is 1.96. The molecule has 2 heterocycles. The molecule has 0 aliphatic carbocycles. The van der Waals surface area contributed by atoms with Crippen molar-refractivity contribution in [1.82, 2.24) is 24.8 Å². The van der Waals surface area contributed by atoms with Crippen LogP contribution in [0.25, 0.3) is 0 Å². The lowest BCUT2D eigenvalue weighted by Crippen LogP contribution is -2.41. The minimum absolute atomic E-state index is 0.0255. The van der Waals surface area contributed by atoms with Crippen molar-refractivity contribution in [3.05, 3.63) is 42.5 Å². The molecule has 0 spiro atoms. The molecule has 2 rings (SSSR count). The molecular formula is C15H21N5O. The second-order valence-electron chi connectivity index (χ2n) is 5.32. The van der Waals surface area contributed by atoms with Crippen molar-refractivity contribution in [3.8, 4) is 0 Å². The van der Waals surface area contributed by atoms with Gasteiger partial charge >= 0.3 is 0 Å². The number of hydrogen-bond donors (Lipinski definition) is 1. The third-order valence-electron chi connectivity index (χ3n) is 3.37. The van der Waals surface area contributed by atoms with Gasteiger partial charge in [0.05, 0.1) is 11.9 Å². The maximum atomic E-state index is 12.3. The van der Waals surface area contributed by atoms with Crippen molar-refractivity contribution in [2.24, 2.45) is 5.92 Å². The van der Waals surface area contributed by atoms with Gasteiger partial charge in [0, 0.05) is 43.8 Å². The highest BCUT2D eigenvalue weighted by Crippen LogP contribution is 2.07. The van der Waals surface area contributed by atoms with Crippen molar-refractivity contribution in [2.75, 3.05) is 0 Å². The Hall–Kier alpha value is -2.24. The van der Waals surface area contributed by atoms with E-state index < -0.39 is 0 Å². The molecule has 21 heavy (non-hydrogen) atoms. The van der Waals surface area contributed by atoms with Crippen molar-refractivity contribution >= 4 is 5.91 Å². The summed E-state index contributed by atoms with van der Waals surface area (Å²) in [5.41, 5.74) is 0.489. The first-order chi connectivity index (χ1) is 10.1. The van der Waals surface area contributed by atoms with Crippen LogP contribution in [0.5, 0.6) is 0 Å². The van der Waals surface area contributed by atoms with E-state index in [9.17, 15) is 4.79 Å². The number of aryl methyl sites for hydroxylation is 1. The normalized spacial score (nSPS) is 12.4. The highest BCUT2D eigenvalue weighted by molar-refractivity contribution is 5.93. The van der Waals surface area contributed by atoms with Gasteiger partial charge in [0.1, 0.15) is 5.82 Å². The Morgan fingerprint density at radius 1 is 1.33 bits per heavy atom. The minimum Gasteiger partial charge on any atom is -0.347 e. The number of aromatic nitrogens is 4. The summed E-state index contributed by atoms with van der Waals surface area (Å²) in [6, 6.07) is 0.0255. The maximum Gasteiger partial charge on any atom is 0.254 e. The molecule has 6 nitrogen and oxygen atoms in total. The lowest BCUT2D eigenvalue weighted by molar-refractivity contribution is 0.0919. The summed E-state index contributed by atoms with van der Waals surface area (Å²) in [5, 5.41) is 3.04. The minimum atomic E-state index is -0.142. The second-order valence-corrected chi connectivity index (χ2v) is 5.32. The van der Waals surface area contributed by atoms with E-state index in [4.69, 9.17) is 0 Å². The van der Waals surface area contributed by atoms with E-state index in [1.165, 1.54) is 0 Å². The van der Waals surface area contributed by atoms with Gasteiger partial charge in [-0.1, -0.05) is 20.8 Å². The van der Waals surface area contributed by atoms with Crippen LogP contribution >= 0.6 is 0 Å². The lowest BCUT2D eigenvalue weighted by Gasteiger charge is -2.22. The first kappa shape index (κ1) is 15.2. The van der Waals surface area contributed by atoms with E-state index in [0.29, 0.717) is 18.0 Å². The Labute approximate surface area is 124 Å². The maximum absolute atomic E-state index is 12.3. The number of nitrogens with zero attached hydrogens (tertiary/aromatic N) is 4. The fourth-order valence-electron chi connectivity index (χ4n) is 1.95. The summed E-state index contributed by atoms with van der Waals surface area (Å²) in [5.74, 6) is 0.911. The number of carbonyl (C=O) groups is 1.